The molecular formula is C22H33FO5. The molecule has 1 aliphatic heterocycles. The highest BCUT2D eigenvalue weighted by Crippen LogP contribution is 2.65. The minimum Gasteiger partial charge on any atom is -0.459 e. The fraction of sp³-hybridized carbons (Fsp3) is 0.818. The highest BCUT2D eigenvalue weighted by molar-refractivity contribution is 5.86. The molecule has 0 aromatic carbocycles. The highest BCUT2D eigenvalue weighted by Gasteiger charge is 2.72. The maximum absolute atomic E-state index is 14.2. The molecule has 1 N–H and O–H groups in total. The van der Waals surface area contributed by atoms with E-state index < -0.39 is 46.5 Å². The highest BCUT2D eigenvalue weighted by atomic mass is 19.1. The van der Waals surface area contributed by atoms with Gasteiger partial charge in [-0.2, -0.15) is 0 Å². The summed E-state index contributed by atoms with van der Waals surface area (Å²) in [7, 11) is 0. The number of fused-ring (bicyclic) bond motifs is 3. The third-order valence-corrected chi connectivity index (χ3v) is 7.70. The molecule has 1 saturated heterocycles. The van der Waals surface area contributed by atoms with Gasteiger partial charge in [-0.25, -0.2) is 4.39 Å². The van der Waals surface area contributed by atoms with Crippen molar-refractivity contribution in [2.75, 3.05) is 0 Å². The number of rotatable bonds is 2. The molecule has 0 aromatic rings. The molecule has 158 valence electrons. The summed E-state index contributed by atoms with van der Waals surface area (Å²) in [6.07, 6.45) is 0.400. The number of carbonyl (C=O) groups is 2. The maximum Gasteiger partial charge on any atom is 0.303 e. The number of hydrogen-bond donors (Lipinski definition) is 1. The molecule has 2 saturated carbocycles. The molecule has 0 amide bonds. The van der Waals surface area contributed by atoms with Gasteiger partial charge in [0.05, 0.1) is 5.92 Å². The van der Waals surface area contributed by atoms with Crippen LogP contribution >= 0.6 is 0 Å². The largest absolute Gasteiger partial charge is 0.459 e. The van der Waals surface area contributed by atoms with Crippen LogP contribution in [0.15, 0.2) is 12.4 Å². The van der Waals surface area contributed by atoms with Gasteiger partial charge in [0.15, 0.2) is 0 Å². The lowest BCUT2D eigenvalue weighted by atomic mass is 9.42. The number of Topliss-reactive ketones (excluding diaryl/α,β-unsaturated/α-hetero) is 1. The standard InChI is InChI=1S/C22H33FO5/c1-12(23)21(6)11-14(25)16-20(5)10-8-9-19(3,4)17(20)15(27-13(2)24)18(26)22(16,7)28-21/h15-18,26H,1,8-11H2,2-7H3/t15-,16?,17-,18-,20+,21+,22-/m0/s1. The van der Waals surface area contributed by atoms with Gasteiger partial charge in [-0.3, -0.25) is 9.59 Å². The molecule has 0 aromatic heterocycles. The van der Waals surface area contributed by atoms with Crippen molar-refractivity contribution in [2.45, 2.75) is 90.6 Å². The van der Waals surface area contributed by atoms with E-state index in [-0.39, 0.29) is 23.5 Å². The maximum atomic E-state index is 14.2. The van der Waals surface area contributed by atoms with E-state index in [0.717, 1.165) is 19.3 Å². The van der Waals surface area contributed by atoms with Crippen LogP contribution in [0, 0.1) is 22.7 Å². The average Bonchev–Trinajstić information content (AvgIpc) is 2.49. The van der Waals surface area contributed by atoms with Gasteiger partial charge >= 0.3 is 5.97 Å². The van der Waals surface area contributed by atoms with Crippen LogP contribution in [0.4, 0.5) is 4.39 Å². The zero-order valence-electron chi connectivity index (χ0n) is 17.8. The molecule has 3 rings (SSSR count). The zero-order valence-corrected chi connectivity index (χ0v) is 17.8. The second kappa shape index (κ2) is 6.36. The first-order valence-corrected chi connectivity index (χ1v) is 10.1. The van der Waals surface area contributed by atoms with Gasteiger partial charge < -0.3 is 14.6 Å². The monoisotopic (exact) mass is 396 g/mol. The van der Waals surface area contributed by atoms with Crippen molar-refractivity contribution in [2.24, 2.45) is 22.7 Å². The topological polar surface area (TPSA) is 72.8 Å². The number of aliphatic hydroxyl groups is 1. The fourth-order valence-corrected chi connectivity index (χ4v) is 6.84. The number of ether oxygens (including phenoxy) is 2. The number of aliphatic hydroxyl groups excluding tert-OH is 1. The van der Waals surface area contributed by atoms with E-state index in [9.17, 15) is 19.1 Å². The normalized spacial score (nSPS) is 47.6. The van der Waals surface area contributed by atoms with Crippen molar-refractivity contribution in [3.8, 4) is 0 Å². The molecule has 6 heteroatoms. The van der Waals surface area contributed by atoms with Crippen molar-refractivity contribution < 1.29 is 28.6 Å². The van der Waals surface area contributed by atoms with E-state index >= 15 is 0 Å². The molecular weight excluding hydrogens is 363 g/mol. The molecule has 3 aliphatic rings. The molecule has 7 atom stereocenters. The van der Waals surface area contributed by atoms with Crippen LogP contribution in [0.25, 0.3) is 0 Å². The van der Waals surface area contributed by atoms with E-state index in [0.29, 0.717) is 0 Å². The van der Waals surface area contributed by atoms with Crippen molar-refractivity contribution in [1.82, 2.24) is 0 Å². The fourth-order valence-electron chi connectivity index (χ4n) is 6.84. The Kier molecular flexibility index (Phi) is 4.87. The van der Waals surface area contributed by atoms with Crippen molar-refractivity contribution in [1.29, 1.82) is 0 Å². The Bertz CT molecular complexity index is 718. The average molecular weight is 396 g/mol. The van der Waals surface area contributed by atoms with E-state index in [2.05, 4.69) is 20.4 Å². The molecule has 0 bridgehead atoms. The number of hydrogen-bond acceptors (Lipinski definition) is 5. The van der Waals surface area contributed by atoms with Crippen molar-refractivity contribution in [3.05, 3.63) is 12.4 Å². The van der Waals surface area contributed by atoms with Gasteiger partial charge in [0.1, 0.15) is 35.0 Å². The Hall–Kier alpha value is -1.27. The smallest absolute Gasteiger partial charge is 0.303 e. The predicted octanol–water partition coefficient (Wildman–Crippen LogP) is 3.73. The molecule has 1 heterocycles. The first kappa shape index (κ1) is 21.4. The van der Waals surface area contributed by atoms with E-state index in [4.69, 9.17) is 9.47 Å². The summed E-state index contributed by atoms with van der Waals surface area (Å²) in [5.41, 5.74) is -3.65. The Labute approximate surface area is 166 Å². The number of carbonyl (C=O) groups excluding carboxylic acids is 2. The van der Waals surface area contributed by atoms with Gasteiger partial charge in [0.2, 0.25) is 0 Å². The molecule has 5 nitrogen and oxygen atoms in total. The van der Waals surface area contributed by atoms with Crippen LogP contribution in [-0.2, 0) is 19.1 Å². The first-order chi connectivity index (χ1) is 12.7. The van der Waals surface area contributed by atoms with E-state index in [1.807, 2.05) is 6.92 Å². The second-order valence-electron chi connectivity index (χ2n) is 10.3. The SMILES string of the molecule is C=C(F)[C@@]1(C)CC(=O)C2[C@](C)(O1)[C@@H](O)[C@@H](OC(C)=O)[C@H]1C(C)(C)CCC[C@]21C. The lowest BCUT2D eigenvalue weighted by Crippen LogP contribution is -2.75. The van der Waals surface area contributed by atoms with E-state index in [1.54, 1.807) is 6.92 Å². The third kappa shape index (κ3) is 2.86. The Balaban J connectivity index is 2.19. The van der Waals surface area contributed by atoms with Crippen molar-refractivity contribution >= 4 is 11.8 Å². The lowest BCUT2D eigenvalue weighted by Gasteiger charge is -2.67. The van der Waals surface area contributed by atoms with Crippen molar-refractivity contribution in [3.63, 3.8) is 0 Å². The summed E-state index contributed by atoms with van der Waals surface area (Å²) >= 11 is 0. The van der Waals surface area contributed by atoms with Crippen LogP contribution in [0.3, 0.4) is 0 Å². The summed E-state index contributed by atoms with van der Waals surface area (Å²) in [6.45, 7) is 14.1. The van der Waals surface area contributed by atoms with Gasteiger partial charge in [-0.15, -0.1) is 0 Å². The molecule has 28 heavy (non-hydrogen) atoms. The van der Waals surface area contributed by atoms with Crippen LogP contribution in [-0.4, -0.2) is 40.3 Å². The first-order valence-electron chi connectivity index (χ1n) is 10.1. The third-order valence-electron chi connectivity index (χ3n) is 7.70. The zero-order chi connectivity index (χ0) is 21.3. The van der Waals surface area contributed by atoms with Crippen LogP contribution in [0.5, 0.6) is 0 Å². The summed E-state index contributed by atoms with van der Waals surface area (Å²) in [5.74, 6) is -2.18. The summed E-state index contributed by atoms with van der Waals surface area (Å²) in [6, 6.07) is 0. The van der Waals surface area contributed by atoms with Gasteiger partial charge in [-0.1, -0.05) is 33.8 Å². The number of ketones is 1. The van der Waals surface area contributed by atoms with Gasteiger partial charge in [0.25, 0.3) is 0 Å². The van der Waals surface area contributed by atoms with Crippen LogP contribution in [0.2, 0.25) is 0 Å². The predicted molar refractivity (Wildman–Crippen MR) is 102 cm³/mol. The molecule has 1 unspecified atom stereocenters. The Morgan fingerprint density at radius 2 is 1.86 bits per heavy atom. The van der Waals surface area contributed by atoms with Gasteiger partial charge in [-0.05, 0) is 37.5 Å². The van der Waals surface area contributed by atoms with Crippen LogP contribution < -0.4 is 0 Å². The molecule has 2 aliphatic carbocycles. The molecule has 3 fully saturated rings. The second-order valence-corrected chi connectivity index (χ2v) is 10.3. The summed E-state index contributed by atoms with van der Waals surface area (Å²) in [5, 5.41) is 11.4. The quantitative estimate of drug-likeness (QED) is 0.720. The summed E-state index contributed by atoms with van der Waals surface area (Å²) in [4.78, 5) is 25.3. The minimum atomic E-state index is -1.50. The van der Waals surface area contributed by atoms with Crippen LogP contribution in [0.1, 0.15) is 67.2 Å². The summed E-state index contributed by atoms with van der Waals surface area (Å²) < 4.78 is 26.0. The van der Waals surface area contributed by atoms with Gasteiger partial charge in [0, 0.05) is 19.3 Å². The van der Waals surface area contributed by atoms with E-state index in [1.165, 1.54) is 13.8 Å². The molecule has 0 spiro atoms. The number of esters is 1. The Morgan fingerprint density at radius 3 is 2.39 bits per heavy atom. The number of halogens is 1. The Morgan fingerprint density at radius 1 is 1.25 bits per heavy atom. The lowest BCUT2D eigenvalue weighted by molar-refractivity contribution is -0.309. The molecule has 0 radical (unpaired) electrons. The minimum absolute atomic E-state index is 0.115.